The average Bonchev–Trinajstić information content (AvgIpc) is 3.39. The summed E-state index contributed by atoms with van der Waals surface area (Å²) >= 11 is 1.78. The lowest BCUT2D eigenvalue weighted by Crippen LogP contribution is -2.07. The molecule has 6 heteroatoms. The van der Waals surface area contributed by atoms with Crippen LogP contribution in [-0.4, -0.2) is 29.7 Å². The van der Waals surface area contributed by atoms with Crippen LogP contribution >= 0.6 is 11.3 Å². The van der Waals surface area contributed by atoms with Crippen molar-refractivity contribution in [2.75, 3.05) is 14.2 Å². The molecule has 1 aliphatic heterocycles. The molecule has 0 saturated carbocycles. The van der Waals surface area contributed by atoms with Crippen molar-refractivity contribution in [3.05, 3.63) is 63.8 Å². The van der Waals surface area contributed by atoms with E-state index in [2.05, 4.69) is 38.1 Å². The third-order valence-corrected chi connectivity index (χ3v) is 7.16. The van der Waals surface area contributed by atoms with Gasteiger partial charge >= 0.3 is 0 Å². The van der Waals surface area contributed by atoms with Crippen LogP contribution in [0.25, 0.3) is 32.3 Å². The molecule has 3 heterocycles. The van der Waals surface area contributed by atoms with E-state index >= 15 is 0 Å². The second kappa shape index (κ2) is 7.35. The molecule has 0 atom stereocenters. The molecule has 0 radical (unpaired) electrons. The van der Waals surface area contributed by atoms with Gasteiger partial charge in [-0.15, -0.1) is 11.3 Å². The Hall–Kier alpha value is -3.38. The summed E-state index contributed by atoms with van der Waals surface area (Å²) in [4.78, 5) is 19.8. The van der Waals surface area contributed by atoms with E-state index in [1.807, 2.05) is 26.0 Å². The Morgan fingerprint density at radius 1 is 1.00 bits per heavy atom. The van der Waals surface area contributed by atoms with Crippen LogP contribution in [0.5, 0.6) is 11.5 Å². The first-order valence-corrected chi connectivity index (χ1v) is 11.3. The number of hydrogen-bond donors (Lipinski definition) is 0. The molecule has 0 fully saturated rings. The number of aromatic nitrogens is 2. The summed E-state index contributed by atoms with van der Waals surface area (Å²) in [6.45, 7) is 8.21. The second-order valence-electron chi connectivity index (χ2n) is 8.18. The van der Waals surface area contributed by atoms with Gasteiger partial charge in [0, 0.05) is 32.7 Å². The zero-order valence-corrected chi connectivity index (χ0v) is 19.8. The second-order valence-corrected chi connectivity index (χ2v) is 9.43. The smallest absolute Gasteiger partial charge is 0.264 e. The van der Waals surface area contributed by atoms with Crippen LogP contribution in [0.4, 0.5) is 0 Å². The van der Waals surface area contributed by atoms with E-state index in [1.165, 1.54) is 20.5 Å². The Morgan fingerprint density at radius 2 is 1.69 bits per heavy atom. The maximum Gasteiger partial charge on any atom is 0.264 e. The highest BCUT2D eigenvalue weighted by Crippen LogP contribution is 2.45. The molecule has 2 aromatic carbocycles. The number of fused-ring (bicyclic) bond motifs is 4. The van der Waals surface area contributed by atoms with Gasteiger partial charge in [-0.05, 0) is 44.9 Å². The maximum atomic E-state index is 13.7. The lowest BCUT2D eigenvalue weighted by atomic mass is 9.93. The monoisotopic (exact) mass is 444 g/mol. The average molecular weight is 445 g/mol. The number of benzene rings is 2. The predicted molar refractivity (Wildman–Crippen MR) is 131 cm³/mol. The summed E-state index contributed by atoms with van der Waals surface area (Å²) in [6, 6.07) is 12.1. The first-order valence-electron chi connectivity index (χ1n) is 10.4. The summed E-state index contributed by atoms with van der Waals surface area (Å²) < 4.78 is 13.9. The molecule has 0 saturated heterocycles. The molecule has 0 amide bonds. The maximum absolute atomic E-state index is 13.7. The quantitative estimate of drug-likeness (QED) is 0.339. The lowest BCUT2D eigenvalue weighted by molar-refractivity contribution is 0.0971. The SMILES string of the molecule is COc1cc2nc3n(c2cc1OC)C(=O)C(=C(C)C)/C3=C(\C)c1c(C)sc2ccccc12. The highest BCUT2D eigenvalue weighted by atomic mass is 32.1. The van der Waals surface area contributed by atoms with Crippen molar-refractivity contribution in [2.24, 2.45) is 0 Å². The van der Waals surface area contributed by atoms with E-state index in [1.54, 1.807) is 30.1 Å². The van der Waals surface area contributed by atoms with Crippen LogP contribution < -0.4 is 9.47 Å². The standard InChI is InChI=1S/C26H24N2O3S/c1-13(2)22-24(14(3)23-15(4)32-21-10-8-7-9-16(21)23)25-27-17-11-19(30-5)20(31-6)12-18(17)28(25)26(22)29/h7-12H,1-6H3/b24-14-. The molecular formula is C26H24N2O3S. The molecule has 32 heavy (non-hydrogen) atoms. The van der Waals surface area contributed by atoms with E-state index in [-0.39, 0.29) is 5.91 Å². The van der Waals surface area contributed by atoms with E-state index in [4.69, 9.17) is 14.5 Å². The number of aryl methyl sites for hydroxylation is 1. The number of nitrogens with zero attached hydrogens (tertiary/aromatic N) is 2. The fourth-order valence-electron chi connectivity index (χ4n) is 4.69. The Bertz CT molecular complexity index is 1500. The molecule has 1 aliphatic rings. The van der Waals surface area contributed by atoms with Gasteiger partial charge in [-0.25, -0.2) is 4.98 Å². The minimum absolute atomic E-state index is 0.0544. The van der Waals surface area contributed by atoms with Crippen LogP contribution in [0.2, 0.25) is 0 Å². The predicted octanol–water partition coefficient (Wildman–Crippen LogP) is 6.50. The van der Waals surface area contributed by atoms with E-state index in [9.17, 15) is 4.79 Å². The summed E-state index contributed by atoms with van der Waals surface area (Å²) in [5.74, 6) is 1.78. The fourth-order valence-corrected chi connectivity index (χ4v) is 5.81. The van der Waals surface area contributed by atoms with Crippen LogP contribution in [0.1, 0.15) is 41.8 Å². The normalized spacial score (nSPS) is 14.9. The number of methoxy groups -OCH3 is 2. The molecule has 0 bridgehead atoms. The van der Waals surface area contributed by atoms with Gasteiger partial charge < -0.3 is 9.47 Å². The topological polar surface area (TPSA) is 53.4 Å². The summed E-state index contributed by atoms with van der Waals surface area (Å²) in [5.41, 5.74) is 6.26. The third-order valence-electron chi connectivity index (χ3n) is 6.07. The van der Waals surface area contributed by atoms with Crippen molar-refractivity contribution < 1.29 is 14.3 Å². The molecular weight excluding hydrogens is 420 g/mol. The van der Waals surface area contributed by atoms with Crippen molar-refractivity contribution in [2.45, 2.75) is 27.7 Å². The first kappa shape index (κ1) is 20.5. The van der Waals surface area contributed by atoms with Gasteiger partial charge in [0.15, 0.2) is 11.5 Å². The van der Waals surface area contributed by atoms with E-state index in [0.29, 0.717) is 22.8 Å². The van der Waals surface area contributed by atoms with Gasteiger partial charge in [-0.1, -0.05) is 23.8 Å². The molecule has 0 spiro atoms. The van der Waals surface area contributed by atoms with Gasteiger partial charge in [0.25, 0.3) is 5.91 Å². The van der Waals surface area contributed by atoms with Gasteiger partial charge in [0.2, 0.25) is 0 Å². The third kappa shape index (κ3) is 2.76. The van der Waals surface area contributed by atoms with Gasteiger partial charge in [0.1, 0.15) is 5.82 Å². The van der Waals surface area contributed by atoms with Crippen molar-refractivity contribution in [3.8, 4) is 11.5 Å². The highest BCUT2D eigenvalue weighted by Gasteiger charge is 2.36. The molecule has 2 aromatic heterocycles. The van der Waals surface area contributed by atoms with E-state index < -0.39 is 0 Å². The highest BCUT2D eigenvalue weighted by molar-refractivity contribution is 7.19. The number of carbonyl (C=O) groups excluding carboxylic acids is 1. The number of allylic oxidation sites excluding steroid dienone is 4. The minimum Gasteiger partial charge on any atom is -0.493 e. The number of rotatable bonds is 3. The molecule has 162 valence electrons. The number of thiophene rings is 1. The lowest BCUT2D eigenvalue weighted by Gasteiger charge is -2.10. The Labute approximate surface area is 190 Å². The molecule has 0 N–H and O–H groups in total. The number of imidazole rings is 1. The Kier molecular flexibility index (Phi) is 4.71. The number of carbonyl (C=O) groups is 1. The van der Waals surface area contributed by atoms with Crippen LogP contribution in [0.15, 0.2) is 47.5 Å². The van der Waals surface area contributed by atoms with Crippen molar-refractivity contribution >= 4 is 49.5 Å². The van der Waals surface area contributed by atoms with Gasteiger partial charge in [-0.3, -0.25) is 9.36 Å². The fraction of sp³-hybridized carbons (Fsp3) is 0.231. The zero-order valence-electron chi connectivity index (χ0n) is 19.0. The summed E-state index contributed by atoms with van der Waals surface area (Å²) in [7, 11) is 3.19. The van der Waals surface area contributed by atoms with Gasteiger partial charge in [0.05, 0.1) is 30.8 Å². The van der Waals surface area contributed by atoms with Crippen LogP contribution in [0, 0.1) is 6.92 Å². The van der Waals surface area contributed by atoms with Crippen LogP contribution in [-0.2, 0) is 0 Å². The van der Waals surface area contributed by atoms with E-state index in [0.717, 1.165) is 27.8 Å². The Morgan fingerprint density at radius 3 is 2.38 bits per heavy atom. The molecule has 0 unspecified atom stereocenters. The number of hydrogen-bond acceptors (Lipinski definition) is 5. The van der Waals surface area contributed by atoms with Crippen molar-refractivity contribution in [1.29, 1.82) is 0 Å². The molecule has 4 aromatic rings. The molecule has 5 rings (SSSR count). The zero-order chi connectivity index (χ0) is 22.7. The van der Waals surface area contributed by atoms with Crippen molar-refractivity contribution in [3.63, 3.8) is 0 Å². The Balaban J connectivity index is 1.88. The largest absolute Gasteiger partial charge is 0.493 e. The van der Waals surface area contributed by atoms with Gasteiger partial charge in [-0.2, -0.15) is 0 Å². The molecule has 5 nitrogen and oxygen atoms in total. The van der Waals surface area contributed by atoms with Crippen molar-refractivity contribution in [1.82, 2.24) is 9.55 Å². The number of ether oxygens (including phenoxy) is 2. The summed E-state index contributed by atoms with van der Waals surface area (Å²) in [5, 5.41) is 1.21. The van der Waals surface area contributed by atoms with Crippen LogP contribution in [0.3, 0.4) is 0 Å². The first-order chi connectivity index (χ1) is 15.4. The molecule has 0 aliphatic carbocycles. The minimum atomic E-state index is -0.0544. The summed E-state index contributed by atoms with van der Waals surface area (Å²) in [6.07, 6.45) is 0.